The van der Waals surface area contributed by atoms with Gasteiger partial charge >= 0.3 is 0 Å². The van der Waals surface area contributed by atoms with Gasteiger partial charge in [-0.15, -0.1) is 0 Å². The first-order chi connectivity index (χ1) is 8.56. The fourth-order valence-corrected chi connectivity index (χ4v) is 3.42. The molecule has 2 aliphatic rings. The molecule has 2 rings (SSSR count). The molecule has 0 bridgehead atoms. The lowest BCUT2D eigenvalue weighted by molar-refractivity contribution is -0.131. The maximum atomic E-state index is 11.6. The smallest absolute Gasteiger partial charge is 0.219 e. The van der Waals surface area contributed by atoms with Crippen LogP contribution < -0.4 is 5.32 Å². The van der Waals surface area contributed by atoms with Crippen molar-refractivity contribution >= 4 is 5.91 Å². The molecule has 1 amide bonds. The predicted molar refractivity (Wildman–Crippen MR) is 74.4 cm³/mol. The molecule has 2 fully saturated rings. The van der Waals surface area contributed by atoms with Crippen LogP contribution in [0, 0.1) is 11.8 Å². The molecule has 0 aromatic heterocycles. The topological polar surface area (TPSA) is 32.3 Å². The number of carbonyl (C=O) groups excluding carboxylic acids is 1. The minimum Gasteiger partial charge on any atom is -0.341 e. The summed E-state index contributed by atoms with van der Waals surface area (Å²) in [6, 6.07) is 1.22. The van der Waals surface area contributed by atoms with Gasteiger partial charge < -0.3 is 10.2 Å². The van der Waals surface area contributed by atoms with E-state index in [0.717, 1.165) is 13.1 Å². The molecule has 1 aliphatic carbocycles. The third-order valence-electron chi connectivity index (χ3n) is 4.70. The Balaban J connectivity index is 1.93. The second-order valence-corrected chi connectivity index (χ2v) is 6.51. The molecule has 1 saturated heterocycles. The van der Waals surface area contributed by atoms with Gasteiger partial charge in [0.1, 0.15) is 0 Å². The summed E-state index contributed by atoms with van der Waals surface area (Å²) in [6.07, 6.45) is 6.62. The minimum absolute atomic E-state index is 0.235. The van der Waals surface area contributed by atoms with E-state index in [-0.39, 0.29) is 5.91 Å². The summed E-state index contributed by atoms with van der Waals surface area (Å²) in [4.78, 5) is 13.7. The van der Waals surface area contributed by atoms with Gasteiger partial charge in [0.2, 0.25) is 5.91 Å². The summed E-state index contributed by atoms with van der Waals surface area (Å²) in [5.74, 6) is 1.56. The molecular formula is C15H28N2O. The highest BCUT2D eigenvalue weighted by molar-refractivity contribution is 5.73. The van der Waals surface area contributed by atoms with Crippen LogP contribution in [0.25, 0.3) is 0 Å². The van der Waals surface area contributed by atoms with Crippen molar-refractivity contribution in [3.05, 3.63) is 0 Å². The molecule has 3 nitrogen and oxygen atoms in total. The average Bonchev–Trinajstić information content (AvgIpc) is 2.81. The average molecular weight is 252 g/mol. The molecule has 1 N–H and O–H groups in total. The van der Waals surface area contributed by atoms with Crippen molar-refractivity contribution in [2.24, 2.45) is 11.8 Å². The normalized spacial score (nSPS) is 30.1. The fourth-order valence-electron chi connectivity index (χ4n) is 3.42. The molecule has 3 heteroatoms. The van der Waals surface area contributed by atoms with E-state index in [9.17, 15) is 4.79 Å². The Hall–Kier alpha value is -0.570. The van der Waals surface area contributed by atoms with Crippen molar-refractivity contribution in [2.45, 2.75) is 65.0 Å². The first kappa shape index (κ1) is 13.9. The standard InChI is InChI=1S/C15H28N2O/c1-11(2)13-8-15(10-17(9-13)12(3)18)16-14-6-4-5-7-14/h11,13-16H,4-10H2,1-3H3. The SMILES string of the molecule is CC(=O)N1CC(NC2CCCC2)CC(C(C)C)C1. The van der Waals surface area contributed by atoms with Crippen LogP contribution in [0.1, 0.15) is 52.9 Å². The Kier molecular flexibility index (Phi) is 4.66. The molecule has 1 aliphatic heterocycles. The summed E-state index contributed by atoms with van der Waals surface area (Å²) in [7, 11) is 0. The zero-order chi connectivity index (χ0) is 13.1. The van der Waals surface area contributed by atoms with Gasteiger partial charge in [0.05, 0.1) is 0 Å². The van der Waals surface area contributed by atoms with Gasteiger partial charge in [-0.05, 0) is 31.1 Å². The molecule has 18 heavy (non-hydrogen) atoms. The maximum absolute atomic E-state index is 11.6. The first-order valence-electron chi connectivity index (χ1n) is 7.58. The summed E-state index contributed by atoms with van der Waals surface area (Å²) < 4.78 is 0. The molecule has 0 radical (unpaired) electrons. The summed E-state index contributed by atoms with van der Waals surface area (Å²) in [5.41, 5.74) is 0. The third kappa shape index (κ3) is 3.47. The summed E-state index contributed by atoms with van der Waals surface area (Å²) in [5, 5.41) is 3.79. The lowest BCUT2D eigenvalue weighted by atomic mass is 9.85. The zero-order valence-corrected chi connectivity index (χ0v) is 12.1. The quantitative estimate of drug-likeness (QED) is 0.836. The van der Waals surface area contributed by atoms with E-state index in [1.54, 1.807) is 6.92 Å². The Morgan fingerprint density at radius 3 is 2.39 bits per heavy atom. The Morgan fingerprint density at radius 2 is 1.83 bits per heavy atom. The highest BCUT2D eigenvalue weighted by Crippen LogP contribution is 2.26. The van der Waals surface area contributed by atoms with E-state index in [2.05, 4.69) is 19.2 Å². The van der Waals surface area contributed by atoms with Crippen LogP contribution in [0.4, 0.5) is 0 Å². The molecule has 2 atom stereocenters. The van der Waals surface area contributed by atoms with Crippen LogP contribution in [-0.4, -0.2) is 36.0 Å². The number of amides is 1. The van der Waals surface area contributed by atoms with Crippen LogP contribution >= 0.6 is 0 Å². The number of piperidine rings is 1. The second kappa shape index (κ2) is 6.05. The maximum Gasteiger partial charge on any atom is 0.219 e. The third-order valence-corrected chi connectivity index (χ3v) is 4.70. The van der Waals surface area contributed by atoms with Gasteiger partial charge in [-0.2, -0.15) is 0 Å². The lowest BCUT2D eigenvalue weighted by Gasteiger charge is -2.40. The number of hydrogen-bond donors (Lipinski definition) is 1. The van der Waals surface area contributed by atoms with E-state index >= 15 is 0 Å². The minimum atomic E-state index is 0.235. The largest absolute Gasteiger partial charge is 0.341 e. The number of nitrogens with zero attached hydrogens (tertiary/aromatic N) is 1. The van der Waals surface area contributed by atoms with Crippen molar-refractivity contribution in [3.8, 4) is 0 Å². The highest BCUT2D eigenvalue weighted by atomic mass is 16.2. The van der Waals surface area contributed by atoms with Crippen LogP contribution in [0.15, 0.2) is 0 Å². The highest BCUT2D eigenvalue weighted by Gasteiger charge is 2.31. The Bertz CT molecular complexity index is 282. The van der Waals surface area contributed by atoms with Gasteiger partial charge in [0, 0.05) is 32.1 Å². The summed E-state index contributed by atoms with van der Waals surface area (Å²) in [6.45, 7) is 8.13. The molecule has 0 aromatic carbocycles. The van der Waals surface area contributed by atoms with E-state index in [1.807, 2.05) is 4.90 Å². The van der Waals surface area contributed by atoms with Gasteiger partial charge in [-0.3, -0.25) is 4.79 Å². The summed E-state index contributed by atoms with van der Waals surface area (Å²) >= 11 is 0. The Labute approximate surface area is 111 Å². The molecule has 0 spiro atoms. The van der Waals surface area contributed by atoms with Gasteiger partial charge in [0.15, 0.2) is 0 Å². The van der Waals surface area contributed by atoms with Crippen molar-refractivity contribution in [1.29, 1.82) is 0 Å². The van der Waals surface area contributed by atoms with E-state index in [0.29, 0.717) is 23.9 Å². The first-order valence-corrected chi connectivity index (χ1v) is 7.58. The van der Waals surface area contributed by atoms with E-state index in [4.69, 9.17) is 0 Å². The van der Waals surface area contributed by atoms with Crippen molar-refractivity contribution in [3.63, 3.8) is 0 Å². The van der Waals surface area contributed by atoms with Gasteiger partial charge in [-0.1, -0.05) is 26.7 Å². The molecule has 1 heterocycles. The van der Waals surface area contributed by atoms with Crippen molar-refractivity contribution in [2.75, 3.05) is 13.1 Å². The number of likely N-dealkylation sites (tertiary alicyclic amines) is 1. The van der Waals surface area contributed by atoms with Crippen LogP contribution in [0.5, 0.6) is 0 Å². The predicted octanol–water partition coefficient (Wildman–Crippen LogP) is 2.41. The van der Waals surface area contributed by atoms with Crippen molar-refractivity contribution < 1.29 is 4.79 Å². The zero-order valence-electron chi connectivity index (χ0n) is 12.1. The fraction of sp³-hybridized carbons (Fsp3) is 0.933. The van der Waals surface area contributed by atoms with Crippen LogP contribution in [0.3, 0.4) is 0 Å². The molecular weight excluding hydrogens is 224 g/mol. The second-order valence-electron chi connectivity index (χ2n) is 6.51. The molecule has 2 unspecified atom stereocenters. The molecule has 1 saturated carbocycles. The van der Waals surface area contributed by atoms with Gasteiger partial charge in [0.25, 0.3) is 0 Å². The van der Waals surface area contributed by atoms with Gasteiger partial charge in [-0.25, -0.2) is 0 Å². The number of nitrogens with one attached hydrogen (secondary N) is 1. The van der Waals surface area contributed by atoms with Crippen molar-refractivity contribution in [1.82, 2.24) is 10.2 Å². The lowest BCUT2D eigenvalue weighted by Crippen LogP contribution is -2.53. The molecule has 0 aromatic rings. The number of hydrogen-bond acceptors (Lipinski definition) is 2. The monoisotopic (exact) mass is 252 g/mol. The van der Waals surface area contributed by atoms with Crippen LogP contribution in [0.2, 0.25) is 0 Å². The number of rotatable bonds is 3. The van der Waals surface area contributed by atoms with Crippen LogP contribution in [-0.2, 0) is 4.79 Å². The number of carbonyl (C=O) groups is 1. The Morgan fingerprint density at radius 1 is 1.17 bits per heavy atom. The van der Waals surface area contributed by atoms with E-state index in [1.165, 1.54) is 32.1 Å². The van der Waals surface area contributed by atoms with E-state index < -0.39 is 0 Å². The molecule has 104 valence electrons.